The fraction of sp³-hybridized carbons (Fsp3) is 0.280. The molecule has 0 unspecified atom stereocenters. The molecule has 0 amide bonds. The normalized spacial score (nSPS) is 14.1. The summed E-state index contributed by atoms with van der Waals surface area (Å²) in [5, 5.41) is 19.4. The maximum atomic E-state index is 14.6. The molecular weight excluding hydrogens is 461 g/mol. The van der Waals surface area contributed by atoms with Gasteiger partial charge in [-0.15, -0.1) is 0 Å². The minimum absolute atomic E-state index is 0.0386. The zero-order valence-corrected chi connectivity index (χ0v) is 18.8. The number of phenolic OH excluding ortho intramolecular Hbond substituents is 1. The Kier molecular flexibility index (Phi) is 6.98. The van der Waals surface area contributed by atoms with Gasteiger partial charge in [-0.1, -0.05) is 12.1 Å². The van der Waals surface area contributed by atoms with Gasteiger partial charge in [0.05, 0.1) is 23.9 Å². The van der Waals surface area contributed by atoms with Crippen LogP contribution in [0.1, 0.15) is 18.4 Å². The number of phenols is 1. The van der Waals surface area contributed by atoms with Crippen LogP contribution in [0.4, 0.5) is 19.0 Å². The molecule has 1 aromatic heterocycles. The molecule has 1 saturated heterocycles. The van der Waals surface area contributed by atoms with Crippen LogP contribution in [0.15, 0.2) is 42.5 Å². The number of nitrogens with two attached hydrogens (primary N) is 1. The molecule has 4 rings (SSSR count). The number of piperidine rings is 1. The Morgan fingerprint density at radius 1 is 1.11 bits per heavy atom. The van der Waals surface area contributed by atoms with Crippen molar-refractivity contribution < 1.29 is 27.8 Å². The average molecular weight is 484 g/mol. The number of benzene rings is 2. The lowest BCUT2D eigenvalue weighted by Crippen LogP contribution is -2.40. The van der Waals surface area contributed by atoms with Crippen molar-refractivity contribution in [2.24, 2.45) is 5.73 Å². The van der Waals surface area contributed by atoms with Gasteiger partial charge >= 0.3 is 6.61 Å². The molecule has 1 aliphatic heterocycles. The van der Waals surface area contributed by atoms with E-state index in [2.05, 4.69) is 0 Å². The third-order valence-electron chi connectivity index (χ3n) is 5.88. The van der Waals surface area contributed by atoms with Crippen LogP contribution in [0.2, 0.25) is 0 Å². The van der Waals surface area contributed by atoms with Crippen LogP contribution >= 0.6 is 0 Å². The van der Waals surface area contributed by atoms with Gasteiger partial charge in [-0.05, 0) is 42.7 Å². The lowest BCUT2D eigenvalue weighted by atomic mass is 9.96. The van der Waals surface area contributed by atoms with Crippen molar-refractivity contribution in [2.75, 3.05) is 25.1 Å². The third-order valence-corrected chi connectivity index (χ3v) is 5.88. The molecule has 10 heteroatoms. The number of nitrogens with zero attached hydrogens (tertiary/aromatic N) is 3. The van der Waals surface area contributed by atoms with Crippen molar-refractivity contribution in [3.05, 3.63) is 53.8 Å². The summed E-state index contributed by atoms with van der Waals surface area (Å²) in [6.07, 6.45) is 1.39. The molecule has 0 atom stereocenters. The zero-order chi connectivity index (χ0) is 25.1. The number of halogens is 3. The topological polar surface area (TPSA) is 105 Å². The van der Waals surface area contributed by atoms with Crippen molar-refractivity contribution in [3.63, 3.8) is 0 Å². The first kappa shape index (κ1) is 24.2. The summed E-state index contributed by atoms with van der Waals surface area (Å²) in [5.41, 5.74) is 6.68. The smallest absolute Gasteiger partial charge is 0.387 e. The van der Waals surface area contributed by atoms with E-state index in [1.165, 1.54) is 37.4 Å². The molecule has 0 radical (unpaired) electrons. The first-order chi connectivity index (χ1) is 16.8. The van der Waals surface area contributed by atoms with Gasteiger partial charge in [0.1, 0.15) is 23.5 Å². The Bertz CT molecular complexity index is 1270. The number of hydrogen-bond donors (Lipinski definition) is 2. The van der Waals surface area contributed by atoms with E-state index in [9.17, 15) is 18.3 Å². The number of rotatable bonds is 6. The number of ether oxygens (including phenoxy) is 2. The SMILES string of the molecule is COc1ccc(-c2c(OC(F)F)cc(N3CCC(N)CC3)nc2-c2ccc(C#N)c(F)c2)cc1O. The molecular formula is C25H23F3N4O3. The van der Waals surface area contributed by atoms with Crippen molar-refractivity contribution in [1.82, 2.24) is 4.98 Å². The third kappa shape index (κ3) is 5.10. The standard InChI is InChI=1S/C25H23F3N4O3/c1-34-20-5-4-14(11-19(20)33)23-21(35-25(27)28)12-22(32-8-6-17(30)7-9-32)31-24(23)15-2-3-16(13-29)18(26)10-15/h2-5,10-12,17,25,33H,6-9,30H2,1H3. The fourth-order valence-electron chi connectivity index (χ4n) is 4.07. The highest BCUT2D eigenvalue weighted by Gasteiger charge is 2.25. The largest absolute Gasteiger partial charge is 0.504 e. The summed E-state index contributed by atoms with van der Waals surface area (Å²) in [6, 6.07) is 11.5. The maximum Gasteiger partial charge on any atom is 0.387 e. The second kappa shape index (κ2) is 10.1. The Morgan fingerprint density at radius 2 is 1.83 bits per heavy atom. The van der Waals surface area contributed by atoms with E-state index in [1.807, 2.05) is 4.90 Å². The van der Waals surface area contributed by atoms with Gasteiger partial charge in [0.25, 0.3) is 0 Å². The number of alkyl halides is 2. The van der Waals surface area contributed by atoms with Gasteiger partial charge in [0, 0.05) is 30.8 Å². The highest BCUT2D eigenvalue weighted by Crippen LogP contribution is 2.44. The lowest BCUT2D eigenvalue weighted by Gasteiger charge is -2.32. The number of pyridine rings is 1. The van der Waals surface area contributed by atoms with Gasteiger partial charge < -0.3 is 25.2 Å². The van der Waals surface area contributed by atoms with Crippen molar-refractivity contribution in [1.29, 1.82) is 5.26 Å². The molecule has 1 aliphatic rings. The minimum Gasteiger partial charge on any atom is -0.504 e. The van der Waals surface area contributed by atoms with Crippen molar-refractivity contribution >= 4 is 5.82 Å². The fourth-order valence-corrected chi connectivity index (χ4v) is 4.07. The molecule has 0 bridgehead atoms. The highest BCUT2D eigenvalue weighted by atomic mass is 19.3. The van der Waals surface area contributed by atoms with E-state index >= 15 is 0 Å². The summed E-state index contributed by atoms with van der Waals surface area (Å²) in [6.45, 7) is -2.02. The van der Waals surface area contributed by atoms with Crippen LogP contribution < -0.4 is 20.1 Å². The van der Waals surface area contributed by atoms with Crippen LogP contribution in [0, 0.1) is 17.1 Å². The first-order valence-corrected chi connectivity index (χ1v) is 10.9. The zero-order valence-electron chi connectivity index (χ0n) is 18.8. The second-order valence-electron chi connectivity index (χ2n) is 8.10. The van der Waals surface area contributed by atoms with Crippen LogP contribution in [-0.4, -0.2) is 42.9 Å². The van der Waals surface area contributed by atoms with Gasteiger partial charge in [-0.25, -0.2) is 9.37 Å². The van der Waals surface area contributed by atoms with Crippen LogP contribution in [-0.2, 0) is 0 Å². The summed E-state index contributed by atoms with van der Waals surface area (Å²) in [4.78, 5) is 6.61. The summed E-state index contributed by atoms with van der Waals surface area (Å²) >= 11 is 0. The Labute approximate surface area is 200 Å². The molecule has 7 nitrogen and oxygen atoms in total. The second-order valence-corrected chi connectivity index (χ2v) is 8.10. The monoisotopic (exact) mass is 484 g/mol. The average Bonchev–Trinajstić information content (AvgIpc) is 2.83. The van der Waals surface area contributed by atoms with Gasteiger partial charge in [0.2, 0.25) is 0 Å². The molecule has 35 heavy (non-hydrogen) atoms. The first-order valence-electron chi connectivity index (χ1n) is 10.9. The lowest BCUT2D eigenvalue weighted by molar-refractivity contribution is -0.0494. The van der Waals surface area contributed by atoms with Crippen molar-refractivity contribution in [3.8, 4) is 45.7 Å². The van der Waals surface area contributed by atoms with Crippen LogP contribution in [0.25, 0.3) is 22.4 Å². The predicted octanol–water partition coefficient (Wildman–Crippen LogP) is 4.67. The molecule has 0 spiro atoms. The summed E-state index contributed by atoms with van der Waals surface area (Å²) in [7, 11) is 1.38. The van der Waals surface area contributed by atoms with Gasteiger partial charge in [-0.2, -0.15) is 14.0 Å². The van der Waals surface area contributed by atoms with E-state index in [0.717, 1.165) is 6.07 Å². The van der Waals surface area contributed by atoms with Gasteiger partial charge in [0.15, 0.2) is 11.5 Å². The van der Waals surface area contributed by atoms with E-state index in [-0.39, 0.29) is 45.7 Å². The molecule has 0 aliphatic carbocycles. The van der Waals surface area contributed by atoms with Crippen molar-refractivity contribution in [2.45, 2.75) is 25.5 Å². The molecule has 3 N–H and O–H groups in total. The Morgan fingerprint density at radius 3 is 2.43 bits per heavy atom. The summed E-state index contributed by atoms with van der Waals surface area (Å²) in [5.74, 6) is -0.636. The van der Waals surface area contributed by atoms with E-state index in [0.29, 0.717) is 37.3 Å². The molecule has 3 aromatic rings. The number of aromatic hydroxyl groups is 1. The number of anilines is 1. The molecule has 2 aromatic carbocycles. The molecule has 2 heterocycles. The number of aromatic nitrogens is 1. The summed E-state index contributed by atoms with van der Waals surface area (Å²) < 4.78 is 51.5. The Hall–Kier alpha value is -3.97. The Balaban J connectivity index is 1.97. The van der Waals surface area contributed by atoms with E-state index in [4.69, 9.17) is 25.5 Å². The predicted molar refractivity (Wildman–Crippen MR) is 124 cm³/mol. The van der Waals surface area contributed by atoms with E-state index < -0.39 is 12.4 Å². The molecule has 0 saturated carbocycles. The highest BCUT2D eigenvalue weighted by molar-refractivity contribution is 5.87. The van der Waals surface area contributed by atoms with Crippen LogP contribution in [0.3, 0.4) is 0 Å². The maximum absolute atomic E-state index is 14.6. The van der Waals surface area contributed by atoms with E-state index in [1.54, 1.807) is 12.1 Å². The quantitative estimate of drug-likeness (QED) is 0.524. The molecule has 182 valence electrons. The molecule has 1 fully saturated rings. The van der Waals surface area contributed by atoms with Gasteiger partial charge in [-0.3, -0.25) is 0 Å². The van der Waals surface area contributed by atoms with Crippen LogP contribution in [0.5, 0.6) is 17.2 Å². The minimum atomic E-state index is -3.14. The number of hydrogen-bond acceptors (Lipinski definition) is 7. The number of nitriles is 1. The number of methoxy groups -OCH3 is 1.